The molecular weight excluding hydrogens is 280 g/mol. The maximum atomic E-state index is 12.5. The molecule has 0 aromatic heterocycles. The van der Waals surface area contributed by atoms with Crippen LogP contribution in [0.15, 0.2) is 18.2 Å². The van der Waals surface area contributed by atoms with Gasteiger partial charge in [-0.05, 0) is 38.0 Å². The van der Waals surface area contributed by atoms with E-state index in [2.05, 4.69) is 0 Å². The van der Waals surface area contributed by atoms with Gasteiger partial charge in [-0.3, -0.25) is 9.59 Å². The third-order valence-electron chi connectivity index (χ3n) is 3.73. The van der Waals surface area contributed by atoms with Gasteiger partial charge in [0.25, 0.3) is 5.91 Å². The van der Waals surface area contributed by atoms with Crippen LogP contribution in [-0.2, 0) is 4.79 Å². The fraction of sp³-hybridized carbons (Fsp3) is 0.429. The van der Waals surface area contributed by atoms with E-state index in [9.17, 15) is 14.7 Å². The lowest BCUT2D eigenvalue weighted by Gasteiger charge is -2.37. The van der Waals surface area contributed by atoms with Gasteiger partial charge >= 0.3 is 0 Å². The van der Waals surface area contributed by atoms with Gasteiger partial charge < -0.3 is 15.7 Å². The molecule has 0 saturated carbocycles. The molecule has 2 unspecified atom stereocenters. The lowest BCUT2D eigenvalue weighted by atomic mass is 9.92. The Bertz CT molecular complexity index is 547. The van der Waals surface area contributed by atoms with Gasteiger partial charge in [-0.15, -0.1) is 0 Å². The van der Waals surface area contributed by atoms with Crippen molar-refractivity contribution in [3.8, 4) is 5.75 Å². The quantitative estimate of drug-likeness (QED) is 0.872. The van der Waals surface area contributed by atoms with Gasteiger partial charge in [-0.2, -0.15) is 0 Å². The fourth-order valence-corrected chi connectivity index (χ4v) is 2.63. The Morgan fingerprint density at radius 2 is 2.10 bits per heavy atom. The molecule has 1 fully saturated rings. The molecule has 20 heavy (non-hydrogen) atoms. The maximum Gasteiger partial charge on any atom is 0.257 e. The van der Waals surface area contributed by atoms with E-state index >= 15 is 0 Å². The molecule has 6 heteroatoms. The number of halogens is 1. The second-order valence-electron chi connectivity index (χ2n) is 5.14. The van der Waals surface area contributed by atoms with Crippen molar-refractivity contribution in [2.24, 2.45) is 11.7 Å². The number of piperidine rings is 1. The molecule has 1 aliphatic heterocycles. The number of phenolic OH excluding ortho intramolecular Hbond substituents is 1. The Hall–Kier alpha value is -1.75. The van der Waals surface area contributed by atoms with Crippen molar-refractivity contribution in [3.63, 3.8) is 0 Å². The Morgan fingerprint density at radius 3 is 2.75 bits per heavy atom. The van der Waals surface area contributed by atoms with Crippen molar-refractivity contribution in [1.29, 1.82) is 0 Å². The van der Waals surface area contributed by atoms with Crippen molar-refractivity contribution in [1.82, 2.24) is 4.90 Å². The van der Waals surface area contributed by atoms with E-state index in [1.165, 1.54) is 18.2 Å². The molecule has 108 valence electrons. The van der Waals surface area contributed by atoms with Crippen LogP contribution in [0.1, 0.15) is 30.1 Å². The Labute approximate surface area is 122 Å². The van der Waals surface area contributed by atoms with Crippen molar-refractivity contribution in [3.05, 3.63) is 28.8 Å². The molecule has 0 aliphatic carbocycles. The first-order valence-corrected chi connectivity index (χ1v) is 6.86. The van der Waals surface area contributed by atoms with Crippen LogP contribution in [-0.4, -0.2) is 34.4 Å². The first kappa shape index (κ1) is 14.7. The number of hydrogen-bond acceptors (Lipinski definition) is 3. The topological polar surface area (TPSA) is 83.6 Å². The van der Waals surface area contributed by atoms with Gasteiger partial charge in [0, 0.05) is 17.6 Å². The summed E-state index contributed by atoms with van der Waals surface area (Å²) in [7, 11) is 0. The molecule has 0 radical (unpaired) electrons. The van der Waals surface area contributed by atoms with Gasteiger partial charge in [-0.1, -0.05) is 11.6 Å². The second-order valence-corrected chi connectivity index (χ2v) is 5.58. The Balaban J connectivity index is 2.26. The highest BCUT2D eigenvalue weighted by atomic mass is 35.5. The highest BCUT2D eigenvalue weighted by molar-refractivity contribution is 6.31. The third-order valence-corrected chi connectivity index (χ3v) is 3.97. The molecule has 2 rings (SSSR count). The molecule has 1 saturated heterocycles. The number of amides is 2. The summed E-state index contributed by atoms with van der Waals surface area (Å²) in [5.74, 6) is -1.18. The van der Waals surface area contributed by atoms with Crippen molar-refractivity contribution in [2.75, 3.05) is 6.54 Å². The van der Waals surface area contributed by atoms with Gasteiger partial charge in [-0.25, -0.2) is 0 Å². The minimum Gasteiger partial charge on any atom is -0.507 e. The van der Waals surface area contributed by atoms with E-state index in [0.29, 0.717) is 17.9 Å². The maximum absolute atomic E-state index is 12.5. The summed E-state index contributed by atoms with van der Waals surface area (Å²) in [6.07, 6.45) is 1.39. The highest BCUT2D eigenvalue weighted by Gasteiger charge is 2.32. The summed E-state index contributed by atoms with van der Waals surface area (Å²) in [5.41, 5.74) is 5.47. The monoisotopic (exact) mass is 296 g/mol. The summed E-state index contributed by atoms with van der Waals surface area (Å²) < 4.78 is 0. The van der Waals surface area contributed by atoms with E-state index in [0.717, 1.165) is 0 Å². The predicted molar refractivity (Wildman–Crippen MR) is 75.5 cm³/mol. The van der Waals surface area contributed by atoms with Crippen molar-refractivity contribution in [2.45, 2.75) is 25.8 Å². The van der Waals surface area contributed by atoms with Gasteiger partial charge in [0.1, 0.15) is 5.75 Å². The lowest BCUT2D eigenvalue weighted by Crippen LogP contribution is -2.48. The number of rotatable bonds is 2. The second kappa shape index (κ2) is 5.71. The number of aromatic hydroxyl groups is 1. The molecule has 1 aromatic rings. The zero-order chi connectivity index (χ0) is 14.9. The summed E-state index contributed by atoms with van der Waals surface area (Å²) in [4.78, 5) is 25.4. The fourth-order valence-electron chi connectivity index (χ4n) is 2.46. The summed E-state index contributed by atoms with van der Waals surface area (Å²) in [6.45, 7) is 2.19. The summed E-state index contributed by atoms with van der Waals surface area (Å²) >= 11 is 5.86. The van der Waals surface area contributed by atoms with Crippen LogP contribution in [0.3, 0.4) is 0 Å². The van der Waals surface area contributed by atoms with Crippen LogP contribution in [0.25, 0.3) is 0 Å². The van der Waals surface area contributed by atoms with Crippen LogP contribution in [0.4, 0.5) is 0 Å². The van der Waals surface area contributed by atoms with Crippen LogP contribution < -0.4 is 5.73 Å². The van der Waals surface area contributed by atoms with Gasteiger partial charge in [0.15, 0.2) is 0 Å². The van der Waals surface area contributed by atoms with Crippen molar-refractivity contribution < 1.29 is 14.7 Å². The zero-order valence-corrected chi connectivity index (χ0v) is 11.9. The summed E-state index contributed by atoms with van der Waals surface area (Å²) in [5, 5.41) is 10.2. The predicted octanol–water partition coefficient (Wildman–Crippen LogP) is 1.77. The Kier molecular flexibility index (Phi) is 4.18. The molecule has 1 aliphatic rings. The first-order chi connectivity index (χ1) is 9.40. The third kappa shape index (κ3) is 2.88. The van der Waals surface area contributed by atoms with E-state index in [1.807, 2.05) is 6.92 Å². The minimum absolute atomic E-state index is 0.00326. The lowest BCUT2D eigenvalue weighted by molar-refractivity contribution is -0.123. The van der Waals surface area contributed by atoms with Crippen LogP contribution in [0.2, 0.25) is 5.02 Å². The Morgan fingerprint density at radius 1 is 1.40 bits per heavy atom. The molecule has 2 atom stereocenters. The number of hydrogen-bond donors (Lipinski definition) is 2. The molecule has 1 aromatic carbocycles. The van der Waals surface area contributed by atoms with E-state index in [4.69, 9.17) is 17.3 Å². The average Bonchev–Trinajstić information content (AvgIpc) is 2.41. The van der Waals surface area contributed by atoms with Gasteiger partial charge in [0.2, 0.25) is 5.91 Å². The zero-order valence-electron chi connectivity index (χ0n) is 11.2. The van der Waals surface area contributed by atoms with Crippen LogP contribution >= 0.6 is 11.6 Å². The number of benzene rings is 1. The SMILES string of the molecule is CC1CCC(C(N)=O)CN1C(=O)c1cc(Cl)ccc1O. The van der Waals surface area contributed by atoms with E-state index < -0.39 is 5.91 Å². The minimum atomic E-state index is -0.398. The molecule has 2 amide bonds. The summed E-state index contributed by atoms with van der Waals surface area (Å²) in [6, 6.07) is 4.33. The molecule has 1 heterocycles. The average molecular weight is 297 g/mol. The first-order valence-electron chi connectivity index (χ1n) is 6.49. The number of phenols is 1. The van der Waals surface area contributed by atoms with Crippen molar-refractivity contribution >= 4 is 23.4 Å². The number of nitrogens with zero attached hydrogens (tertiary/aromatic N) is 1. The largest absolute Gasteiger partial charge is 0.507 e. The standard InChI is InChI=1S/C14H17ClN2O3/c1-8-2-3-9(13(16)19)7-17(8)14(20)11-6-10(15)4-5-12(11)18/h4-6,8-9,18H,2-3,7H2,1H3,(H2,16,19). The molecule has 3 N–H and O–H groups in total. The number of nitrogens with two attached hydrogens (primary N) is 1. The molecular formula is C14H17ClN2O3. The number of carbonyl (C=O) groups excluding carboxylic acids is 2. The van der Waals surface area contributed by atoms with E-state index in [-0.39, 0.29) is 35.7 Å². The normalized spacial score (nSPS) is 22.6. The number of primary amides is 1. The number of likely N-dealkylation sites (tertiary alicyclic amines) is 1. The number of carbonyl (C=O) groups is 2. The smallest absolute Gasteiger partial charge is 0.257 e. The molecule has 0 bridgehead atoms. The molecule has 0 spiro atoms. The van der Waals surface area contributed by atoms with Crippen LogP contribution in [0, 0.1) is 5.92 Å². The van der Waals surface area contributed by atoms with Crippen LogP contribution in [0.5, 0.6) is 5.75 Å². The highest BCUT2D eigenvalue weighted by Crippen LogP contribution is 2.28. The van der Waals surface area contributed by atoms with Gasteiger partial charge in [0.05, 0.1) is 11.5 Å². The van der Waals surface area contributed by atoms with E-state index in [1.54, 1.807) is 4.90 Å². The molecule has 5 nitrogen and oxygen atoms in total.